The molecule has 3 aromatic rings. The van der Waals surface area contributed by atoms with E-state index in [2.05, 4.69) is 20.7 Å². The van der Waals surface area contributed by atoms with Crippen LogP contribution in [0, 0.1) is 0 Å². The monoisotopic (exact) mass is 489 g/mol. The molecule has 0 saturated carbocycles. The zero-order valence-electron chi connectivity index (χ0n) is 18.7. The van der Waals surface area contributed by atoms with E-state index in [9.17, 15) is 4.79 Å². The number of hydrogen-bond acceptors (Lipinski definition) is 8. The second-order valence-electron chi connectivity index (χ2n) is 6.58. The molecule has 2 aromatic carbocycles. The van der Waals surface area contributed by atoms with Crippen LogP contribution in [0.3, 0.4) is 0 Å². The maximum atomic E-state index is 12.3. The van der Waals surface area contributed by atoms with Crippen LogP contribution in [0.5, 0.6) is 17.2 Å². The summed E-state index contributed by atoms with van der Waals surface area (Å²) in [5, 5.41) is 13.8. The lowest BCUT2D eigenvalue weighted by molar-refractivity contribution is -0.118. The van der Waals surface area contributed by atoms with Crippen molar-refractivity contribution in [3.8, 4) is 28.6 Å². The molecule has 0 spiro atoms. The summed E-state index contributed by atoms with van der Waals surface area (Å²) in [6.07, 6.45) is 1.47. The first kappa shape index (κ1) is 24.4. The van der Waals surface area contributed by atoms with Crippen LogP contribution in [0.1, 0.15) is 12.5 Å². The smallest absolute Gasteiger partial charge is 0.250 e. The Bertz CT molecular complexity index is 1110. The minimum atomic E-state index is -0.290. The summed E-state index contributed by atoms with van der Waals surface area (Å²) in [6, 6.07) is 10.8. The summed E-state index contributed by atoms with van der Waals surface area (Å²) in [6.45, 7) is 2.65. The molecule has 0 radical (unpaired) electrons. The van der Waals surface area contributed by atoms with E-state index in [1.165, 1.54) is 32.2 Å². The third-order valence-corrected chi connectivity index (χ3v) is 5.82. The average molecular weight is 490 g/mol. The number of hydrogen-bond donors (Lipinski definition) is 1. The molecule has 1 heterocycles. The van der Waals surface area contributed by atoms with E-state index in [-0.39, 0.29) is 11.7 Å². The largest absolute Gasteiger partial charge is 0.496 e. The van der Waals surface area contributed by atoms with E-state index in [1.807, 2.05) is 23.6 Å². The minimum Gasteiger partial charge on any atom is -0.496 e. The summed E-state index contributed by atoms with van der Waals surface area (Å²) >= 11 is 7.24. The molecule has 0 aliphatic rings. The van der Waals surface area contributed by atoms with Gasteiger partial charge in [0.05, 0.1) is 38.9 Å². The molecule has 0 aliphatic carbocycles. The maximum Gasteiger partial charge on any atom is 0.250 e. The highest BCUT2D eigenvalue weighted by atomic mass is 35.5. The van der Waals surface area contributed by atoms with Gasteiger partial charge in [0.15, 0.2) is 11.0 Å². The van der Waals surface area contributed by atoms with E-state index in [0.717, 1.165) is 5.56 Å². The number of methoxy groups -OCH3 is 3. The van der Waals surface area contributed by atoms with Crippen molar-refractivity contribution in [1.29, 1.82) is 0 Å². The molecule has 0 bridgehead atoms. The van der Waals surface area contributed by atoms with Crippen molar-refractivity contribution in [2.75, 3.05) is 27.1 Å². The van der Waals surface area contributed by atoms with Gasteiger partial charge in [0.2, 0.25) is 0 Å². The fourth-order valence-corrected chi connectivity index (χ4v) is 3.90. The third-order valence-electron chi connectivity index (χ3n) is 4.60. The molecule has 9 nitrogen and oxygen atoms in total. The first-order chi connectivity index (χ1) is 16.0. The molecule has 0 atom stereocenters. The van der Waals surface area contributed by atoms with Crippen molar-refractivity contribution < 1.29 is 19.0 Å². The first-order valence-electron chi connectivity index (χ1n) is 9.94. The molecular formula is C22H24ClN5O4S. The third kappa shape index (κ3) is 5.96. The molecule has 1 amide bonds. The van der Waals surface area contributed by atoms with Gasteiger partial charge in [0.25, 0.3) is 5.91 Å². The lowest BCUT2D eigenvalue weighted by Gasteiger charge is -2.12. The van der Waals surface area contributed by atoms with Crippen molar-refractivity contribution in [2.24, 2.45) is 5.10 Å². The molecule has 0 unspecified atom stereocenters. The second kappa shape index (κ2) is 11.6. The van der Waals surface area contributed by atoms with Crippen LogP contribution >= 0.6 is 23.4 Å². The zero-order chi connectivity index (χ0) is 23.8. The number of nitrogens with zero attached hydrogens (tertiary/aromatic N) is 4. The number of amides is 1. The minimum absolute atomic E-state index is 0.118. The van der Waals surface area contributed by atoms with Crippen molar-refractivity contribution in [2.45, 2.75) is 18.6 Å². The van der Waals surface area contributed by atoms with E-state index in [4.69, 9.17) is 25.8 Å². The van der Waals surface area contributed by atoms with Crippen LogP contribution in [-0.2, 0) is 11.3 Å². The Kier molecular flexibility index (Phi) is 8.56. The number of carbonyl (C=O) groups excluding carboxylic acids is 1. The Morgan fingerprint density at radius 3 is 2.36 bits per heavy atom. The van der Waals surface area contributed by atoms with E-state index in [1.54, 1.807) is 31.4 Å². The lowest BCUT2D eigenvalue weighted by atomic mass is 10.2. The summed E-state index contributed by atoms with van der Waals surface area (Å²) in [5.74, 6) is 2.13. The summed E-state index contributed by atoms with van der Waals surface area (Å²) in [7, 11) is 4.61. The SMILES string of the molecule is CCn1c(SCC(=O)N/N=C\c2c(OC)cc(OC)cc2OC)nnc1-c1ccc(Cl)cc1. The Hall–Kier alpha value is -3.24. The molecule has 1 N–H and O–H groups in total. The Morgan fingerprint density at radius 1 is 1.12 bits per heavy atom. The molecule has 174 valence electrons. The molecular weight excluding hydrogens is 466 g/mol. The van der Waals surface area contributed by atoms with Crippen LogP contribution in [0.25, 0.3) is 11.4 Å². The standard InChI is InChI=1S/C22H24ClN5O4S/c1-5-28-21(14-6-8-15(23)9-7-14)26-27-22(28)33-13-20(29)25-24-12-17-18(31-3)10-16(30-2)11-19(17)32-4/h6-12H,5,13H2,1-4H3,(H,25,29)/b24-12-. The number of thioether (sulfide) groups is 1. The maximum absolute atomic E-state index is 12.3. The van der Waals surface area contributed by atoms with E-state index in [0.29, 0.717) is 45.4 Å². The van der Waals surface area contributed by atoms with Crippen LogP contribution in [0.15, 0.2) is 46.7 Å². The van der Waals surface area contributed by atoms with Crippen molar-refractivity contribution >= 4 is 35.5 Å². The number of hydrazone groups is 1. The molecule has 0 fully saturated rings. The molecule has 1 aromatic heterocycles. The number of benzene rings is 2. The average Bonchev–Trinajstić information content (AvgIpc) is 3.25. The van der Waals surface area contributed by atoms with Crippen LogP contribution in [0.4, 0.5) is 0 Å². The highest BCUT2D eigenvalue weighted by Gasteiger charge is 2.15. The molecule has 0 saturated heterocycles. The van der Waals surface area contributed by atoms with Crippen molar-refractivity contribution in [1.82, 2.24) is 20.2 Å². The zero-order valence-corrected chi connectivity index (χ0v) is 20.2. The van der Waals surface area contributed by atoms with Gasteiger partial charge in [-0.3, -0.25) is 4.79 Å². The fraction of sp³-hybridized carbons (Fsp3) is 0.273. The van der Waals surface area contributed by atoms with Gasteiger partial charge >= 0.3 is 0 Å². The van der Waals surface area contributed by atoms with Crippen molar-refractivity contribution in [3.05, 3.63) is 47.0 Å². The van der Waals surface area contributed by atoms with Gasteiger partial charge in [-0.1, -0.05) is 23.4 Å². The molecule has 11 heteroatoms. The van der Waals surface area contributed by atoms with E-state index >= 15 is 0 Å². The van der Waals surface area contributed by atoms with Crippen LogP contribution < -0.4 is 19.6 Å². The number of ether oxygens (including phenoxy) is 3. The number of carbonyl (C=O) groups is 1. The summed E-state index contributed by atoms with van der Waals surface area (Å²) in [5.41, 5.74) is 3.99. The lowest BCUT2D eigenvalue weighted by Crippen LogP contribution is -2.20. The molecule has 3 rings (SSSR count). The van der Waals surface area contributed by atoms with Gasteiger partial charge in [0, 0.05) is 29.3 Å². The van der Waals surface area contributed by atoms with Gasteiger partial charge in [-0.25, -0.2) is 5.43 Å². The number of aromatic nitrogens is 3. The molecule has 33 heavy (non-hydrogen) atoms. The van der Waals surface area contributed by atoms with Gasteiger partial charge < -0.3 is 18.8 Å². The highest BCUT2D eigenvalue weighted by molar-refractivity contribution is 7.99. The Balaban J connectivity index is 1.65. The van der Waals surface area contributed by atoms with Gasteiger partial charge in [-0.05, 0) is 31.2 Å². The van der Waals surface area contributed by atoms with Crippen LogP contribution in [-0.4, -0.2) is 54.0 Å². The number of nitrogens with one attached hydrogen (secondary N) is 1. The normalized spacial score (nSPS) is 10.9. The predicted octanol–water partition coefficient (Wildman–Crippen LogP) is 3.89. The van der Waals surface area contributed by atoms with E-state index < -0.39 is 0 Å². The fourth-order valence-electron chi connectivity index (χ4n) is 2.98. The first-order valence-corrected chi connectivity index (χ1v) is 11.3. The Morgan fingerprint density at radius 2 is 1.79 bits per heavy atom. The summed E-state index contributed by atoms with van der Waals surface area (Å²) in [4.78, 5) is 12.3. The van der Waals surface area contributed by atoms with Crippen molar-refractivity contribution in [3.63, 3.8) is 0 Å². The number of rotatable bonds is 10. The quantitative estimate of drug-likeness (QED) is 0.262. The topological polar surface area (TPSA) is 99.9 Å². The molecule has 0 aliphatic heterocycles. The highest BCUT2D eigenvalue weighted by Crippen LogP contribution is 2.32. The summed E-state index contributed by atoms with van der Waals surface area (Å²) < 4.78 is 17.9. The predicted molar refractivity (Wildman–Crippen MR) is 129 cm³/mol. The van der Waals surface area contributed by atoms with Gasteiger partial charge in [-0.15, -0.1) is 10.2 Å². The van der Waals surface area contributed by atoms with Gasteiger partial charge in [0.1, 0.15) is 17.2 Å². The number of halogens is 1. The second-order valence-corrected chi connectivity index (χ2v) is 7.96. The Labute approximate surface area is 201 Å². The van der Waals surface area contributed by atoms with Gasteiger partial charge in [-0.2, -0.15) is 5.10 Å². The van der Waals surface area contributed by atoms with Crippen LogP contribution in [0.2, 0.25) is 5.02 Å².